The summed E-state index contributed by atoms with van der Waals surface area (Å²) in [5.74, 6) is -1.71. The van der Waals surface area contributed by atoms with Gasteiger partial charge >= 0.3 is 18.1 Å². The Morgan fingerprint density at radius 1 is 1.17 bits per heavy atom. The van der Waals surface area contributed by atoms with E-state index in [0.29, 0.717) is 0 Å². The van der Waals surface area contributed by atoms with Crippen LogP contribution < -0.4 is 0 Å². The molecule has 1 unspecified atom stereocenters. The summed E-state index contributed by atoms with van der Waals surface area (Å²) in [6, 6.07) is 1.80. The average molecular weight is 356 g/mol. The maximum atomic E-state index is 13.2. The Morgan fingerprint density at radius 3 is 2.12 bits per heavy atom. The van der Waals surface area contributed by atoms with Gasteiger partial charge in [0.1, 0.15) is 0 Å². The number of oxime groups is 1. The number of pyridine rings is 1. The number of alkyl halides is 6. The molecule has 0 saturated carbocycles. The van der Waals surface area contributed by atoms with Crippen molar-refractivity contribution >= 4 is 17.3 Å². The molecule has 13 heteroatoms. The van der Waals surface area contributed by atoms with E-state index in [0.717, 1.165) is 24.5 Å². The van der Waals surface area contributed by atoms with E-state index in [2.05, 4.69) is 10.1 Å². The van der Waals surface area contributed by atoms with Crippen LogP contribution in [0.5, 0.6) is 0 Å². The molecule has 2 heterocycles. The molecule has 7 nitrogen and oxygen atoms in total. The molecule has 1 atom stereocenters. The van der Waals surface area contributed by atoms with E-state index in [1.807, 2.05) is 5.16 Å². The fourth-order valence-corrected chi connectivity index (χ4v) is 1.86. The maximum absolute atomic E-state index is 13.2. The summed E-state index contributed by atoms with van der Waals surface area (Å²) < 4.78 is 78.0. The summed E-state index contributed by atoms with van der Waals surface area (Å²) in [5, 5.41) is 21.9. The topological polar surface area (TPSA) is 98.4 Å². The van der Waals surface area contributed by atoms with Gasteiger partial charge < -0.3 is 10.3 Å². The first-order valence-electron chi connectivity index (χ1n) is 5.87. The minimum absolute atomic E-state index is 0.530. The van der Waals surface area contributed by atoms with Crippen LogP contribution in [0.15, 0.2) is 34.8 Å². The Kier molecular flexibility index (Phi) is 4.00. The van der Waals surface area contributed by atoms with Crippen LogP contribution in [-0.4, -0.2) is 55.7 Å². The fraction of sp³-hybridized carbons (Fsp3) is 0.273. The summed E-state index contributed by atoms with van der Waals surface area (Å²) in [6.07, 6.45) is -9.38. The second-order valence-electron chi connectivity index (χ2n) is 4.42. The van der Waals surface area contributed by atoms with Crippen LogP contribution in [0.2, 0.25) is 0 Å². The second kappa shape index (κ2) is 5.43. The largest absolute Gasteiger partial charge is 0.445 e. The van der Waals surface area contributed by atoms with Gasteiger partial charge in [-0.25, -0.2) is 0 Å². The molecule has 1 amide bonds. The van der Waals surface area contributed by atoms with E-state index < -0.39 is 46.0 Å². The molecule has 0 radical (unpaired) electrons. The van der Waals surface area contributed by atoms with Gasteiger partial charge in [-0.1, -0.05) is 5.16 Å². The normalized spacial score (nSPS) is 23.5. The van der Waals surface area contributed by atoms with Gasteiger partial charge in [0.2, 0.25) is 0 Å². The monoisotopic (exact) mass is 356 g/mol. The molecule has 1 aliphatic rings. The van der Waals surface area contributed by atoms with Crippen LogP contribution in [0.1, 0.15) is 10.4 Å². The molecule has 1 aromatic rings. The van der Waals surface area contributed by atoms with Crippen LogP contribution in [0.3, 0.4) is 0 Å². The van der Waals surface area contributed by atoms with Crippen LogP contribution >= 0.6 is 0 Å². The molecule has 2 N–H and O–H groups in total. The summed E-state index contributed by atoms with van der Waals surface area (Å²) in [4.78, 5) is 15.6. The van der Waals surface area contributed by atoms with E-state index in [-0.39, 0.29) is 0 Å². The quantitative estimate of drug-likeness (QED) is 0.453. The standard InChI is InChI=1S/C11H6F6N4O3/c12-10(13,14)7-6(20-24)9(23,11(15,16)17)21(19-7)8(22)5-1-3-18-4-2-5/h1-4,23-24H. The van der Waals surface area contributed by atoms with Crippen LogP contribution in [0.4, 0.5) is 26.3 Å². The van der Waals surface area contributed by atoms with Crippen molar-refractivity contribution in [2.45, 2.75) is 18.1 Å². The van der Waals surface area contributed by atoms with Crippen LogP contribution in [0, 0.1) is 0 Å². The number of halogens is 6. The lowest BCUT2D eigenvalue weighted by Gasteiger charge is -2.32. The van der Waals surface area contributed by atoms with Gasteiger partial charge in [-0.2, -0.15) is 36.5 Å². The first kappa shape index (κ1) is 17.7. The van der Waals surface area contributed by atoms with Gasteiger partial charge in [0.15, 0.2) is 11.4 Å². The molecular formula is C11H6F6N4O3. The van der Waals surface area contributed by atoms with Crippen LogP contribution in [0.25, 0.3) is 0 Å². The predicted octanol–water partition coefficient (Wildman–Crippen LogP) is 1.54. The zero-order chi connectivity index (χ0) is 18.3. The number of rotatable bonds is 1. The van der Waals surface area contributed by atoms with Crippen molar-refractivity contribution in [3.63, 3.8) is 0 Å². The van der Waals surface area contributed by atoms with E-state index in [4.69, 9.17) is 5.21 Å². The molecule has 1 aliphatic heterocycles. The van der Waals surface area contributed by atoms with Crippen LogP contribution in [-0.2, 0) is 0 Å². The second-order valence-corrected chi connectivity index (χ2v) is 4.42. The van der Waals surface area contributed by atoms with Crippen molar-refractivity contribution in [2.24, 2.45) is 10.3 Å². The molecule has 0 bridgehead atoms. The lowest BCUT2D eigenvalue weighted by molar-refractivity contribution is -0.269. The lowest BCUT2D eigenvalue weighted by atomic mass is 10.0. The smallest absolute Gasteiger partial charge is 0.410 e. The van der Waals surface area contributed by atoms with Crippen molar-refractivity contribution in [2.75, 3.05) is 0 Å². The minimum atomic E-state index is -5.84. The molecule has 0 aromatic carbocycles. The lowest BCUT2D eigenvalue weighted by Crippen LogP contribution is -2.62. The highest BCUT2D eigenvalue weighted by Crippen LogP contribution is 2.42. The molecular weight excluding hydrogens is 350 g/mol. The molecule has 24 heavy (non-hydrogen) atoms. The summed E-state index contributed by atoms with van der Waals surface area (Å²) in [6.45, 7) is 0. The minimum Gasteiger partial charge on any atom is -0.410 e. The average Bonchev–Trinajstić information content (AvgIpc) is 2.81. The number of hydrazone groups is 1. The third-order valence-corrected chi connectivity index (χ3v) is 2.94. The number of carbonyl (C=O) groups excluding carboxylic acids is 1. The van der Waals surface area contributed by atoms with E-state index in [9.17, 15) is 36.2 Å². The third-order valence-electron chi connectivity index (χ3n) is 2.94. The van der Waals surface area contributed by atoms with Gasteiger partial charge in [0, 0.05) is 18.0 Å². The molecule has 0 spiro atoms. The van der Waals surface area contributed by atoms with Crippen molar-refractivity contribution in [1.29, 1.82) is 0 Å². The number of hydrogen-bond acceptors (Lipinski definition) is 6. The highest BCUT2D eigenvalue weighted by Gasteiger charge is 2.71. The van der Waals surface area contributed by atoms with Gasteiger partial charge in [0.25, 0.3) is 5.91 Å². The molecule has 0 saturated heterocycles. The van der Waals surface area contributed by atoms with Crippen molar-refractivity contribution in [3.05, 3.63) is 30.1 Å². The van der Waals surface area contributed by atoms with Crippen molar-refractivity contribution in [1.82, 2.24) is 9.99 Å². The van der Waals surface area contributed by atoms with E-state index >= 15 is 0 Å². The zero-order valence-electron chi connectivity index (χ0n) is 11.2. The van der Waals surface area contributed by atoms with E-state index in [1.54, 1.807) is 0 Å². The highest BCUT2D eigenvalue weighted by atomic mass is 19.4. The third kappa shape index (κ3) is 2.55. The summed E-state index contributed by atoms with van der Waals surface area (Å²) in [5.41, 5.74) is -9.73. The van der Waals surface area contributed by atoms with Gasteiger partial charge in [-0.3, -0.25) is 9.78 Å². The van der Waals surface area contributed by atoms with Crippen molar-refractivity contribution < 1.29 is 41.5 Å². The number of hydrogen-bond donors (Lipinski definition) is 2. The Morgan fingerprint density at radius 2 is 1.71 bits per heavy atom. The number of aliphatic hydroxyl groups is 1. The SMILES string of the molecule is O=C(c1ccncc1)N1N=C(C(F)(F)F)C(=NO)C1(O)C(F)(F)F. The molecule has 0 aliphatic carbocycles. The molecule has 130 valence electrons. The van der Waals surface area contributed by atoms with Gasteiger partial charge in [-0.15, -0.1) is 0 Å². The number of nitrogens with zero attached hydrogens (tertiary/aromatic N) is 4. The Labute approximate surface area is 128 Å². The van der Waals surface area contributed by atoms with Gasteiger partial charge in [-0.05, 0) is 12.1 Å². The van der Waals surface area contributed by atoms with Gasteiger partial charge in [0.05, 0.1) is 0 Å². The Bertz CT molecular complexity index is 715. The molecule has 0 fully saturated rings. The Hall–Kier alpha value is -2.70. The highest BCUT2D eigenvalue weighted by molar-refractivity contribution is 6.48. The Balaban J connectivity index is 2.66. The first-order valence-corrected chi connectivity index (χ1v) is 5.87. The maximum Gasteiger partial charge on any atom is 0.445 e. The number of aromatic nitrogens is 1. The van der Waals surface area contributed by atoms with Crippen molar-refractivity contribution in [3.8, 4) is 0 Å². The molecule has 2 rings (SSSR count). The zero-order valence-corrected chi connectivity index (χ0v) is 11.2. The summed E-state index contributed by atoms with van der Waals surface area (Å²) in [7, 11) is 0. The fourth-order valence-electron chi connectivity index (χ4n) is 1.86. The molecule has 1 aromatic heterocycles. The predicted molar refractivity (Wildman–Crippen MR) is 64.1 cm³/mol. The van der Waals surface area contributed by atoms with E-state index in [1.165, 1.54) is 0 Å². The summed E-state index contributed by atoms with van der Waals surface area (Å²) >= 11 is 0. The first-order chi connectivity index (χ1) is 10.9. The number of carbonyl (C=O) groups is 1. The number of amides is 1.